The Hall–Kier alpha value is -2.17. The molecule has 0 aliphatic carbocycles. The van der Waals surface area contributed by atoms with E-state index < -0.39 is 0 Å². The number of aryl methyl sites for hydroxylation is 1. The van der Waals surface area contributed by atoms with Crippen molar-refractivity contribution in [3.8, 4) is 11.8 Å². The zero-order valence-corrected chi connectivity index (χ0v) is 12.7. The Morgan fingerprint density at radius 3 is 3.05 bits per heavy atom. The summed E-state index contributed by atoms with van der Waals surface area (Å²) in [6, 6.07) is 1.76. The summed E-state index contributed by atoms with van der Waals surface area (Å²) in [7, 11) is 1.71. The van der Waals surface area contributed by atoms with E-state index in [1.54, 1.807) is 23.4 Å². The van der Waals surface area contributed by atoms with Crippen molar-refractivity contribution in [2.75, 3.05) is 13.7 Å². The van der Waals surface area contributed by atoms with Crippen LogP contribution in [0, 0.1) is 18.8 Å². The van der Waals surface area contributed by atoms with Gasteiger partial charge >= 0.3 is 0 Å². The highest BCUT2D eigenvalue weighted by Gasteiger charge is 2.15. The lowest BCUT2D eigenvalue weighted by Crippen LogP contribution is -2.26. The van der Waals surface area contributed by atoms with Crippen molar-refractivity contribution in [1.82, 2.24) is 20.1 Å². The maximum atomic E-state index is 12.3. The number of hydrogen-bond acceptors (Lipinski definition) is 5. The number of aliphatic hydroxyl groups excluding tert-OH is 1. The Kier molecular flexibility index (Phi) is 5.09. The van der Waals surface area contributed by atoms with Gasteiger partial charge in [0, 0.05) is 18.8 Å². The number of H-pyrrole nitrogens is 1. The normalized spacial score (nSPS) is 10.0. The molecule has 0 aromatic carbocycles. The molecule has 0 radical (unpaired) electrons. The molecule has 0 bridgehead atoms. The second kappa shape index (κ2) is 7.02. The van der Waals surface area contributed by atoms with Gasteiger partial charge in [0.25, 0.3) is 5.91 Å². The predicted octanol–water partition coefficient (Wildman–Crippen LogP) is 1.18. The Morgan fingerprint density at radius 1 is 1.57 bits per heavy atom. The Bertz CT molecular complexity index is 680. The zero-order valence-electron chi connectivity index (χ0n) is 11.9. The van der Waals surface area contributed by atoms with Crippen LogP contribution in [0.15, 0.2) is 11.4 Å². The van der Waals surface area contributed by atoms with E-state index in [1.807, 2.05) is 6.92 Å². The van der Waals surface area contributed by atoms with Crippen molar-refractivity contribution in [1.29, 1.82) is 0 Å². The van der Waals surface area contributed by atoms with E-state index in [4.69, 9.17) is 5.11 Å². The number of aliphatic hydroxyl groups is 1. The number of nitrogens with zero attached hydrogens (tertiary/aromatic N) is 3. The second-order valence-electron chi connectivity index (χ2n) is 4.47. The van der Waals surface area contributed by atoms with Crippen LogP contribution in [0.25, 0.3) is 0 Å². The number of aromatic amines is 1. The van der Waals surface area contributed by atoms with Gasteiger partial charge in [0.05, 0.1) is 23.6 Å². The van der Waals surface area contributed by atoms with Crippen molar-refractivity contribution in [2.24, 2.45) is 0 Å². The van der Waals surface area contributed by atoms with Crippen molar-refractivity contribution in [3.05, 3.63) is 33.5 Å². The van der Waals surface area contributed by atoms with Crippen molar-refractivity contribution in [2.45, 2.75) is 19.9 Å². The lowest BCUT2D eigenvalue weighted by molar-refractivity contribution is 0.0782. The molecular formula is C14H16N4O2S. The first-order chi connectivity index (χ1) is 10.1. The van der Waals surface area contributed by atoms with Crippen LogP contribution in [0.4, 0.5) is 0 Å². The smallest absolute Gasteiger partial charge is 0.254 e. The molecule has 7 heteroatoms. The Balaban J connectivity index is 2.01. The van der Waals surface area contributed by atoms with Gasteiger partial charge in [-0.1, -0.05) is 11.8 Å². The molecule has 6 nitrogen and oxygen atoms in total. The molecule has 0 aliphatic heterocycles. The van der Waals surface area contributed by atoms with Gasteiger partial charge in [-0.15, -0.1) is 11.3 Å². The first kappa shape index (κ1) is 15.2. The number of hydrogen-bond donors (Lipinski definition) is 2. The molecule has 0 fully saturated rings. The third kappa shape index (κ3) is 4.15. The van der Waals surface area contributed by atoms with E-state index in [0.717, 1.165) is 10.7 Å². The standard InChI is InChI=1S/C14H16N4O2S/c1-10-15-13(17-16-10)8-18(2)14(20)11-7-12(21-9-11)5-3-4-6-19/h7,9,19H,4,6,8H2,1-2H3,(H,15,16,17). The van der Waals surface area contributed by atoms with Crippen LogP contribution >= 0.6 is 11.3 Å². The van der Waals surface area contributed by atoms with Crippen molar-refractivity contribution in [3.63, 3.8) is 0 Å². The minimum Gasteiger partial charge on any atom is -0.395 e. The number of amides is 1. The molecule has 1 amide bonds. The fourth-order valence-electron chi connectivity index (χ4n) is 1.68. The van der Waals surface area contributed by atoms with Gasteiger partial charge in [-0.3, -0.25) is 9.89 Å². The molecule has 21 heavy (non-hydrogen) atoms. The molecule has 2 aromatic heterocycles. The fourth-order valence-corrected chi connectivity index (χ4v) is 2.43. The Morgan fingerprint density at radius 2 is 2.38 bits per heavy atom. The summed E-state index contributed by atoms with van der Waals surface area (Å²) in [5, 5.41) is 17.2. The van der Waals surface area contributed by atoms with Gasteiger partial charge < -0.3 is 10.0 Å². The molecular weight excluding hydrogens is 288 g/mol. The third-order valence-corrected chi connectivity index (χ3v) is 3.51. The molecule has 0 unspecified atom stereocenters. The van der Waals surface area contributed by atoms with Crippen LogP contribution in [0.1, 0.15) is 33.3 Å². The summed E-state index contributed by atoms with van der Waals surface area (Å²) in [6.07, 6.45) is 0.436. The van der Waals surface area contributed by atoms with Gasteiger partial charge in [0.1, 0.15) is 5.82 Å². The molecule has 2 N–H and O–H groups in total. The number of carbonyl (C=O) groups excluding carboxylic acids is 1. The Labute approximate surface area is 126 Å². The zero-order chi connectivity index (χ0) is 15.2. The SMILES string of the molecule is Cc1nc(CN(C)C(=O)c2csc(C#CCCO)c2)n[nH]1. The lowest BCUT2D eigenvalue weighted by atomic mass is 10.2. The summed E-state index contributed by atoms with van der Waals surface area (Å²) in [5.41, 5.74) is 0.600. The van der Waals surface area contributed by atoms with Gasteiger partial charge in [-0.2, -0.15) is 5.10 Å². The van der Waals surface area contributed by atoms with Crippen LogP contribution in [0.2, 0.25) is 0 Å². The van der Waals surface area contributed by atoms with E-state index in [1.165, 1.54) is 11.3 Å². The number of thiophene rings is 1. The minimum atomic E-state index is -0.0936. The average molecular weight is 304 g/mol. The molecule has 0 aliphatic rings. The molecule has 2 heterocycles. The summed E-state index contributed by atoms with van der Waals surface area (Å²) < 4.78 is 0. The second-order valence-corrected chi connectivity index (χ2v) is 5.38. The molecule has 0 saturated heterocycles. The van der Waals surface area contributed by atoms with E-state index in [2.05, 4.69) is 27.0 Å². The van der Waals surface area contributed by atoms with E-state index >= 15 is 0 Å². The molecule has 2 aromatic rings. The highest BCUT2D eigenvalue weighted by molar-refractivity contribution is 7.10. The molecule has 0 atom stereocenters. The van der Waals surface area contributed by atoms with Crippen LogP contribution in [-0.2, 0) is 6.54 Å². The average Bonchev–Trinajstić information content (AvgIpc) is 3.08. The highest BCUT2D eigenvalue weighted by atomic mass is 32.1. The maximum absolute atomic E-state index is 12.3. The van der Waals surface area contributed by atoms with Crippen LogP contribution in [0.3, 0.4) is 0 Å². The molecule has 0 saturated carbocycles. The largest absolute Gasteiger partial charge is 0.395 e. The van der Waals surface area contributed by atoms with E-state index in [0.29, 0.717) is 24.4 Å². The van der Waals surface area contributed by atoms with Gasteiger partial charge in [0.2, 0.25) is 0 Å². The molecule has 110 valence electrons. The van der Waals surface area contributed by atoms with Crippen LogP contribution < -0.4 is 0 Å². The predicted molar refractivity (Wildman–Crippen MR) is 79.8 cm³/mol. The minimum absolute atomic E-state index is 0.0446. The summed E-state index contributed by atoms with van der Waals surface area (Å²) in [6.45, 7) is 2.21. The first-order valence-corrected chi connectivity index (χ1v) is 7.29. The van der Waals surface area contributed by atoms with Gasteiger partial charge in [-0.25, -0.2) is 4.98 Å². The summed E-state index contributed by atoms with van der Waals surface area (Å²) >= 11 is 1.42. The number of aromatic nitrogens is 3. The van der Waals surface area contributed by atoms with Crippen LogP contribution in [-0.4, -0.2) is 44.7 Å². The maximum Gasteiger partial charge on any atom is 0.254 e. The quantitative estimate of drug-likeness (QED) is 0.831. The monoisotopic (exact) mass is 304 g/mol. The van der Waals surface area contributed by atoms with E-state index in [-0.39, 0.29) is 12.5 Å². The van der Waals surface area contributed by atoms with Gasteiger partial charge in [-0.05, 0) is 13.0 Å². The van der Waals surface area contributed by atoms with Gasteiger partial charge in [0.15, 0.2) is 5.82 Å². The molecule has 2 rings (SSSR count). The number of carbonyl (C=O) groups is 1. The van der Waals surface area contributed by atoms with Crippen LogP contribution in [0.5, 0.6) is 0 Å². The first-order valence-electron chi connectivity index (χ1n) is 6.41. The lowest BCUT2D eigenvalue weighted by Gasteiger charge is -2.13. The number of rotatable bonds is 4. The number of nitrogens with one attached hydrogen (secondary N) is 1. The fraction of sp³-hybridized carbons (Fsp3) is 0.357. The van der Waals surface area contributed by atoms with Crippen molar-refractivity contribution >= 4 is 17.2 Å². The molecule has 0 spiro atoms. The third-order valence-electron chi connectivity index (χ3n) is 2.66. The summed E-state index contributed by atoms with van der Waals surface area (Å²) in [5.74, 6) is 6.97. The van der Waals surface area contributed by atoms with E-state index in [9.17, 15) is 4.79 Å². The summed E-state index contributed by atoms with van der Waals surface area (Å²) in [4.78, 5) is 18.8. The van der Waals surface area contributed by atoms with Crippen molar-refractivity contribution < 1.29 is 9.90 Å². The topological polar surface area (TPSA) is 82.1 Å². The highest BCUT2D eigenvalue weighted by Crippen LogP contribution is 2.15.